The van der Waals surface area contributed by atoms with Crippen molar-refractivity contribution in [3.05, 3.63) is 59.9 Å². The minimum atomic E-state index is -0.641. The molecule has 0 atom stereocenters. The van der Waals surface area contributed by atoms with Crippen molar-refractivity contribution in [1.82, 2.24) is 4.57 Å². The molecule has 0 saturated heterocycles. The molecule has 2 aromatic rings. The quantitative estimate of drug-likeness (QED) is 0.509. The third-order valence-corrected chi connectivity index (χ3v) is 2.79. The molecule has 0 fully saturated rings. The lowest BCUT2D eigenvalue weighted by molar-refractivity contribution is -0.112. The number of benzene rings is 1. The number of anilines is 1. The fourth-order valence-electron chi connectivity index (χ4n) is 1.76. The van der Waals surface area contributed by atoms with Crippen LogP contribution in [0.15, 0.2) is 54.2 Å². The van der Waals surface area contributed by atoms with Gasteiger partial charge in [0, 0.05) is 18.9 Å². The maximum absolute atomic E-state index is 12.0. The molecular formula is C15H13N3O2. The van der Waals surface area contributed by atoms with E-state index in [1.165, 1.54) is 0 Å². The minimum absolute atomic E-state index is 0.323. The lowest BCUT2D eigenvalue weighted by Gasteiger charge is -2.07. The predicted molar refractivity (Wildman–Crippen MR) is 75.6 cm³/mol. The highest BCUT2D eigenvalue weighted by atomic mass is 16.3. The summed E-state index contributed by atoms with van der Waals surface area (Å²) in [6.07, 6.45) is 1.72. The molecule has 0 aliphatic carbocycles. The van der Waals surface area contributed by atoms with Crippen LogP contribution >= 0.6 is 0 Å². The van der Waals surface area contributed by atoms with E-state index < -0.39 is 5.91 Å². The van der Waals surface area contributed by atoms with Crippen LogP contribution in [0.3, 0.4) is 0 Å². The van der Waals surface area contributed by atoms with E-state index >= 15 is 0 Å². The number of aryl methyl sites for hydroxylation is 1. The highest BCUT2D eigenvalue weighted by molar-refractivity contribution is 6.10. The highest BCUT2D eigenvalue weighted by Crippen LogP contribution is 2.17. The molecule has 5 nitrogen and oxygen atoms in total. The molecule has 20 heavy (non-hydrogen) atoms. The van der Waals surface area contributed by atoms with Crippen LogP contribution in [0.2, 0.25) is 0 Å². The number of rotatable bonds is 3. The number of carbonyl (C=O) groups is 1. The number of aromatic nitrogens is 1. The number of para-hydroxylation sites is 1. The smallest absolute Gasteiger partial charge is 0.270 e. The molecular weight excluding hydrogens is 254 g/mol. The van der Waals surface area contributed by atoms with Gasteiger partial charge in [0.25, 0.3) is 5.91 Å². The number of hydrogen-bond acceptors (Lipinski definition) is 3. The Balaban J connectivity index is 2.31. The molecule has 2 rings (SSSR count). The molecule has 0 unspecified atom stereocenters. The van der Waals surface area contributed by atoms with E-state index in [-0.39, 0.29) is 11.3 Å². The Bertz CT molecular complexity index is 693. The van der Waals surface area contributed by atoms with Gasteiger partial charge in [0.1, 0.15) is 6.07 Å². The third-order valence-electron chi connectivity index (χ3n) is 2.79. The normalized spacial score (nSPS) is 11.4. The summed E-state index contributed by atoms with van der Waals surface area (Å²) in [5.41, 5.74) is 0.644. The van der Waals surface area contributed by atoms with Gasteiger partial charge in [0.2, 0.25) is 0 Å². The first-order valence-electron chi connectivity index (χ1n) is 5.95. The van der Waals surface area contributed by atoms with Gasteiger partial charge < -0.3 is 15.0 Å². The lowest BCUT2D eigenvalue weighted by Crippen LogP contribution is -2.15. The third kappa shape index (κ3) is 2.70. The van der Waals surface area contributed by atoms with Crippen LogP contribution in [0.5, 0.6) is 0 Å². The monoisotopic (exact) mass is 267 g/mol. The number of hydrogen-bond donors (Lipinski definition) is 2. The van der Waals surface area contributed by atoms with Gasteiger partial charge in [0.15, 0.2) is 11.3 Å². The van der Waals surface area contributed by atoms with E-state index in [1.54, 1.807) is 60.3 Å². The van der Waals surface area contributed by atoms with Crippen LogP contribution < -0.4 is 5.32 Å². The summed E-state index contributed by atoms with van der Waals surface area (Å²) < 4.78 is 1.63. The van der Waals surface area contributed by atoms with E-state index in [2.05, 4.69) is 5.32 Å². The molecule has 0 aliphatic rings. The Hall–Kier alpha value is -3.00. The van der Waals surface area contributed by atoms with E-state index in [9.17, 15) is 9.90 Å². The van der Waals surface area contributed by atoms with Crippen LogP contribution in [0.25, 0.3) is 5.76 Å². The van der Waals surface area contributed by atoms with Crippen molar-refractivity contribution < 1.29 is 9.90 Å². The summed E-state index contributed by atoms with van der Waals surface area (Å²) >= 11 is 0. The Labute approximate surface area is 116 Å². The largest absolute Gasteiger partial charge is 0.504 e. The number of nitrogens with one attached hydrogen (secondary N) is 1. The Morgan fingerprint density at radius 2 is 1.95 bits per heavy atom. The molecule has 0 bridgehead atoms. The molecule has 1 heterocycles. The second-order valence-corrected chi connectivity index (χ2v) is 4.16. The molecule has 0 aliphatic heterocycles. The van der Waals surface area contributed by atoms with Gasteiger partial charge in [-0.15, -0.1) is 0 Å². The summed E-state index contributed by atoms with van der Waals surface area (Å²) in [6, 6.07) is 13.8. The zero-order valence-electron chi connectivity index (χ0n) is 10.9. The second kappa shape index (κ2) is 5.76. The van der Waals surface area contributed by atoms with Gasteiger partial charge in [-0.3, -0.25) is 4.79 Å². The summed E-state index contributed by atoms with van der Waals surface area (Å²) in [6.45, 7) is 0. The molecule has 2 N–H and O–H groups in total. The summed E-state index contributed by atoms with van der Waals surface area (Å²) in [5.74, 6) is -0.981. The lowest BCUT2D eigenvalue weighted by atomic mass is 10.2. The second-order valence-electron chi connectivity index (χ2n) is 4.16. The molecule has 0 radical (unpaired) electrons. The van der Waals surface area contributed by atoms with E-state index in [4.69, 9.17) is 5.26 Å². The molecule has 0 spiro atoms. The maximum atomic E-state index is 12.0. The van der Waals surface area contributed by atoms with Gasteiger partial charge in [-0.05, 0) is 24.3 Å². The molecule has 1 amide bonds. The van der Waals surface area contributed by atoms with E-state index in [1.807, 2.05) is 6.07 Å². The Morgan fingerprint density at radius 3 is 2.50 bits per heavy atom. The van der Waals surface area contributed by atoms with Crippen LogP contribution in [-0.4, -0.2) is 15.6 Å². The van der Waals surface area contributed by atoms with Gasteiger partial charge in [0.05, 0.1) is 5.69 Å². The van der Waals surface area contributed by atoms with Gasteiger partial charge in [-0.1, -0.05) is 18.2 Å². The zero-order valence-corrected chi connectivity index (χ0v) is 10.9. The molecule has 1 aromatic heterocycles. The first-order chi connectivity index (χ1) is 9.63. The van der Waals surface area contributed by atoms with Crippen LogP contribution in [0.1, 0.15) is 5.69 Å². The number of carbonyl (C=O) groups excluding carboxylic acids is 1. The molecule has 0 saturated carbocycles. The summed E-state index contributed by atoms with van der Waals surface area (Å²) in [5, 5.41) is 21.7. The number of aliphatic hydroxyl groups is 1. The van der Waals surface area contributed by atoms with Crippen molar-refractivity contribution in [2.75, 3.05) is 5.32 Å². The van der Waals surface area contributed by atoms with Gasteiger partial charge in [-0.25, -0.2) is 0 Å². The highest BCUT2D eigenvalue weighted by Gasteiger charge is 2.18. The maximum Gasteiger partial charge on any atom is 0.270 e. The van der Waals surface area contributed by atoms with Crippen molar-refractivity contribution in [2.24, 2.45) is 7.05 Å². The number of nitriles is 1. The molecule has 1 aromatic carbocycles. The van der Waals surface area contributed by atoms with Crippen LogP contribution in [0, 0.1) is 11.3 Å². The predicted octanol–water partition coefficient (Wildman–Crippen LogP) is 2.46. The fourth-order valence-corrected chi connectivity index (χ4v) is 1.76. The Morgan fingerprint density at radius 1 is 1.25 bits per heavy atom. The average Bonchev–Trinajstić information content (AvgIpc) is 2.86. The first-order valence-corrected chi connectivity index (χ1v) is 5.95. The SMILES string of the molecule is Cn1cccc1/C(O)=C(\C#N)C(=O)Nc1ccccc1. The standard InChI is InChI=1S/C15H13N3O2/c1-18-9-5-8-13(18)14(19)12(10-16)15(20)17-11-6-3-2-4-7-11/h2-9,19H,1H3,(H,17,20)/b14-12-. The van der Waals surface area contributed by atoms with Crippen LogP contribution in [0.4, 0.5) is 5.69 Å². The molecule has 100 valence electrons. The average molecular weight is 267 g/mol. The van der Waals surface area contributed by atoms with Crippen molar-refractivity contribution in [1.29, 1.82) is 5.26 Å². The van der Waals surface area contributed by atoms with Gasteiger partial charge in [-0.2, -0.15) is 5.26 Å². The first kappa shape index (κ1) is 13.4. The van der Waals surface area contributed by atoms with E-state index in [0.29, 0.717) is 11.4 Å². The van der Waals surface area contributed by atoms with Crippen molar-refractivity contribution in [3.63, 3.8) is 0 Å². The van der Waals surface area contributed by atoms with Crippen molar-refractivity contribution in [3.8, 4) is 6.07 Å². The van der Waals surface area contributed by atoms with Crippen molar-refractivity contribution in [2.45, 2.75) is 0 Å². The zero-order chi connectivity index (χ0) is 14.5. The number of amides is 1. The molecule has 5 heteroatoms. The van der Waals surface area contributed by atoms with Crippen LogP contribution in [-0.2, 0) is 11.8 Å². The summed E-state index contributed by atoms with van der Waals surface area (Å²) in [4.78, 5) is 12.0. The van der Waals surface area contributed by atoms with Crippen molar-refractivity contribution >= 4 is 17.4 Å². The summed E-state index contributed by atoms with van der Waals surface area (Å²) in [7, 11) is 1.72. The van der Waals surface area contributed by atoms with E-state index in [0.717, 1.165) is 0 Å². The van der Waals surface area contributed by atoms with Gasteiger partial charge >= 0.3 is 0 Å². The number of nitrogens with zero attached hydrogens (tertiary/aromatic N) is 2. The minimum Gasteiger partial charge on any atom is -0.504 e. The topological polar surface area (TPSA) is 78.1 Å². The number of aliphatic hydroxyl groups excluding tert-OH is 1. The fraction of sp³-hybridized carbons (Fsp3) is 0.0667. The Kier molecular flexibility index (Phi) is 3.87.